The number of nitrogens with one attached hydrogen (secondary N) is 2. The average Bonchev–Trinajstić information content (AvgIpc) is 2.31. The van der Waals surface area contributed by atoms with E-state index < -0.39 is 5.82 Å². The molecule has 0 saturated heterocycles. The first-order valence-electron chi connectivity index (χ1n) is 5.46. The Labute approximate surface area is 111 Å². The van der Waals surface area contributed by atoms with E-state index in [-0.39, 0.29) is 11.8 Å². The predicted molar refractivity (Wildman–Crippen MR) is 73.6 cm³/mol. The summed E-state index contributed by atoms with van der Waals surface area (Å²) in [5, 5.41) is 6.45. The van der Waals surface area contributed by atoms with Crippen molar-refractivity contribution in [2.24, 2.45) is 0 Å². The minimum Gasteiger partial charge on any atom is -0.494 e. The lowest BCUT2D eigenvalue weighted by atomic mass is 10.3. The van der Waals surface area contributed by atoms with Crippen molar-refractivity contribution in [1.82, 2.24) is 5.32 Å². The summed E-state index contributed by atoms with van der Waals surface area (Å²) in [6.07, 6.45) is 0. The van der Waals surface area contributed by atoms with E-state index in [0.29, 0.717) is 17.4 Å². The number of anilines is 1. The Morgan fingerprint density at radius 2 is 2.17 bits per heavy atom. The topological polar surface area (TPSA) is 42.5 Å². The number of thiocarbonyl (C=S) groups is 1. The summed E-state index contributed by atoms with van der Waals surface area (Å²) in [6.45, 7) is 2.50. The summed E-state index contributed by atoms with van der Waals surface area (Å²) < 4.78 is 23.1. The molecule has 0 aliphatic carbocycles. The van der Waals surface area contributed by atoms with Gasteiger partial charge in [0.1, 0.15) is 0 Å². The van der Waals surface area contributed by atoms with E-state index in [4.69, 9.17) is 21.7 Å². The monoisotopic (exact) mass is 272 g/mol. The molecule has 4 nitrogen and oxygen atoms in total. The zero-order chi connectivity index (χ0) is 13.5. The highest BCUT2D eigenvalue weighted by Gasteiger charge is 2.06. The van der Waals surface area contributed by atoms with Crippen molar-refractivity contribution in [3.8, 4) is 5.75 Å². The number of halogens is 1. The predicted octanol–water partition coefficient (Wildman–Crippen LogP) is 2.16. The van der Waals surface area contributed by atoms with Crippen LogP contribution in [0.3, 0.4) is 0 Å². The lowest BCUT2D eigenvalue weighted by Gasteiger charge is -2.16. The van der Waals surface area contributed by atoms with Crippen molar-refractivity contribution >= 4 is 23.0 Å². The van der Waals surface area contributed by atoms with Gasteiger partial charge in [0.25, 0.3) is 0 Å². The molecule has 2 N–H and O–H groups in total. The third-order valence-corrected chi connectivity index (χ3v) is 2.42. The largest absolute Gasteiger partial charge is 0.494 e. The van der Waals surface area contributed by atoms with E-state index >= 15 is 0 Å². The molecule has 0 aliphatic rings. The van der Waals surface area contributed by atoms with Crippen LogP contribution in [0.2, 0.25) is 0 Å². The van der Waals surface area contributed by atoms with Gasteiger partial charge in [0.2, 0.25) is 0 Å². The molecule has 1 atom stereocenters. The first-order chi connectivity index (χ1) is 8.56. The lowest BCUT2D eigenvalue weighted by Crippen LogP contribution is -2.38. The highest BCUT2D eigenvalue weighted by molar-refractivity contribution is 7.80. The van der Waals surface area contributed by atoms with E-state index in [9.17, 15) is 4.39 Å². The summed E-state index contributed by atoms with van der Waals surface area (Å²) in [6, 6.07) is 4.55. The van der Waals surface area contributed by atoms with Crippen LogP contribution in [0.25, 0.3) is 0 Å². The Kier molecular flexibility index (Phi) is 5.80. The number of hydrogen-bond donors (Lipinski definition) is 2. The molecule has 0 aliphatic heterocycles. The van der Waals surface area contributed by atoms with Crippen LogP contribution in [0.15, 0.2) is 18.2 Å². The van der Waals surface area contributed by atoms with E-state index in [2.05, 4.69) is 10.6 Å². The summed E-state index contributed by atoms with van der Waals surface area (Å²) in [7, 11) is 3.04. The van der Waals surface area contributed by atoms with Crippen LogP contribution >= 0.6 is 12.2 Å². The molecule has 100 valence electrons. The Bertz CT molecular complexity index is 415. The maximum absolute atomic E-state index is 13.2. The molecule has 18 heavy (non-hydrogen) atoms. The number of methoxy groups -OCH3 is 2. The van der Waals surface area contributed by atoms with Gasteiger partial charge in [0.15, 0.2) is 16.7 Å². The van der Waals surface area contributed by atoms with Crippen LogP contribution < -0.4 is 15.4 Å². The second-order valence-electron chi connectivity index (χ2n) is 3.80. The van der Waals surface area contributed by atoms with Gasteiger partial charge in [-0.3, -0.25) is 0 Å². The molecule has 0 heterocycles. The summed E-state index contributed by atoms with van der Waals surface area (Å²) >= 11 is 5.13. The fraction of sp³-hybridized carbons (Fsp3) is 0.417. The van der Waals surface area contributed by atoms with Gasteiger partial charge in [-0.1, -0.05) is 0 Å². The fourth-order valence-electron chi connectivity index (χ4n) is 1.42. The molecule has 0 aromatic heterocycles. The minimum absolute atomic E-state index is 0.0948. The summed E-state index contributed by atoms with van der Waals surface area (Å²) in [5.41, 5.74) is 0.662. The van der Waals surface area contributed by atoms with Crippen molar-refractivity contribution in [3.63, 3.8) is 0 Å². The van der Waals surface area contributed by atoms with Gasteiger partial charge < -0.3 is 20.1 Å². The quantitative estimate of drug-likeness (QED) is 0.804. The normalized spacial score (nSPS) is 11.8. The first kappa shape index (κ1) is 14.7. The van der Waals surface area contributed by atoms with Gasteiger partial charge in [0, 0.05) is 24.9 Å². The molecule has 0 bridgehead atoms. The molecular formula is C12H17FN2O2S. The molecule has 0 radical (unpaired) electrons. The zero-order valence-electron chi connectivity index (χ0n) is 10.6. The van der Waals surface area contributed by atoms with Crippen LogP contribution in [-0.2, 0) is 4.74 Å². The molecule has 1 rings (SSSR count). The average molecular weight is 272 g/mol. The van der Waals surface area contributed by atoms with Crippen molar-refractivity contribution < 1.29 is 13.9 Å². The van der Waals surface area contributed by atoms with E-state index in [1.807, 2.05) is 6.92 Å². The van der Waals surface area contributed by atoms with Gasteiger partial charge >= 0.3 is 0 Å². The smallest absolute Gasteiger partial charge is 0.171 e. The number of hydrogen-bond acceptors (Lipinski definition) is 3. The van der Waals surface area contributed by atoms with Gasteiger partial charge in [-0.05, 0) is 31.3 Å². The first-order valence-corrected chi connectivity index (χ1v) is 5.87. The molecule has 1 unspecified atom stereocenters. The highest BCUT2D eigenvalue weighted by atomic mass is 32.1. The number of rotatable bonds is 5. The van der Waals surface area contributed by atoms with Crippen LogP contribution in [0.5, 0.6) is 5.75 Å². The SMILES string of the molecule is COCC(C)NC(=S)Nc1ccc(F)c(OC)c1. The summed E-state index contributed by atoms with van der Waals surface area (Å²) in [4.78, 5) is 0. The van der Waals surface area contributed by atoms with Crippen molar-refractivity contribution in [3.05, 3.63) is 24.0 Å². The van der Waals surface area contributed by atoms with E-state index in [1.54, 1.807) is 19.2 Å². The Hall–Kier alpha value is -1.40. The van der Waals surface area contributed by atoms with Gasteiger partial charge in [0.05, 0.1) is 13.7 Å². The maximum Gasteiger partial charge on any atom is 0.171 e. The molecule has 0 spiro atoms. The van der Waals surface area contributed by atoms with Crippen LogP contribution in [-0.4, -0.2) is 32.0 Å². The van der Waals surface area contributed by atoms with Crippen molar-refractivity contribution in [1.29, 1.82) is 0 Å². The molecule has 0 amide bonds. The second kappa shape index (κ2) is 7.13. The van der Waals surface area contributed by atoms with Crippen LogP contribution in [0.1, 0.15) is 6.92 Å². The maximum atomic E-state index is 13.2. The Balaban J connectivity index is 2.59. The zero-order valence-corrected chi connectivity index (χ0v) is 11.4. The Morgan fingerprint density at radius 1 is 1.44 bits per heavy atom. The molecule has 0 fully saturated rings. The van der Waals surface area contributed by atoms with Gasteiger partial charge in [-0.25, -0.2) is 4.39 Å². The lowest BCUT2D eigenvalue weighted by molar-refractivity contribution is 0.179. The van der Waals surface area contributed by atoms with Crippen LogP contribution in [0.4, 0.5) is 10.1 Å². The fourth-order valence-corrected chi connectivity index (χ4v) is 1.74. The molecule has 0 saturated carbocycles. The van der Waals surface area contributed by atoms with E-state index in [0.717, 1.165) is 0 Å². The van der Waals surface area contributed by atoms with Crippen molar-refractivity contribution in [2.75, 3.05) is 26.1 Å². The van der Waals surface area contributed by atoms with Crippen molar-refractivity contribution in [2.45, 2.75) is 13.0 Å². The van der Waals surface area contributed by atoms with Crippen LogP contribution in [0, 0.1) is 5.82 Å². The summed E-state index contributed by atoms with van der Waals surface area (Å²) in [5.74, 6) is -0.234. The third kappa shape index (κ3) is 4.46. The molecule has 1 aromatic carbocycles. The number of ether oxygens (including phenoxy) is 2. The third-order valence-electron chi connectivity index (χ3n) is 2.20. The second-order valence-corrected chi connectivity index (χ2v) is 4.21. The molecule has 1 aromatic rings. The molecule has 6 heteroatoms. The van der Waals surface area contributed by atoms with Gasteiger partial charge in [-0.2, -0.15) is 0 Å². The standard InChI is InChI=1S/C12H17FN2O2S/c1-8(7-16-2)14-12(18)15-9-4-5-10(13)11(6-9)17-3/h4-6,8H,7H2,1-3H3,(H2,14,15,18). The highest BCUT2D eigenvalue weighted by Crippen LogP contribution is 2.21. The van der Waals surface area contributed by atoms with Gasteiger partial charge in [-0.15, -0.1) is 0 Å². The number of benzene rings is 1. The molecular weight excluding hydrogens is 255 g/mol. The minimum atomic E-state index is -0.408. The van der Waals surface area contributed by atoms with E-state index in [1.165, 1.54) is 13.2 Å². The Morgan fingerprint density at radius 3 is 2.78 bits per heavy atom.